The van der Waals surface area contributed by atoms with E-state index in [1.54, 1.807) is 14.2 Å². The zero-order chi connectivity index (χ0) is 13.9. The Morgan fingerprint density at radius 3 is 1.40 bits per heavy atom. The standard InChI is InChI=1S/C17H19O2P/c1-18-14-7-3-12(4-8-14)16-11-17(20-16)13-5-9-15(19-2)10-6-13/h3-10,16-17,20H,11H2,1-2H3. The Hall–Kier alpha value is -1.53. The molecule has 0 aliphatic carbocycles. The van der Waals surface area contributed by atoms with Crippen molar-refractivity contribution < 1.29 is 9.47 Å². The van der Waals surface area contributed by atoms with Gasteiger partial charge in [-0.3, -0.25) is 0 Å². The molecule has 3 heteroatoms. The Morgan fingerprint density at radius 2 is 1.10 bits per heavy atom. The SMILES string of the molecule is COc1ccc(C2CC(c3ccc(OC)cc3)P2)cc1. The van der Waals surface area contributed by atoms with Crippen molar-refractivity contribution in [2.75, 3.05) is 14.2 Å². The van der Waals surface area contributed by atoms with Crippen LogP contribution in [-0.4, -0.2) is 14.2 Å². The maximum atomic E-state index is 5.20. The van der Waals surface area contributed by atoms with Gasteiger partial charge in [-0.2, -0.15) is 0 Å². The van der Waals surface area contributed by atoms with Crippen LogP contribution in [0.4, 0.5) is 0 Å². The summed E-state index contributed by atoms with van der Waals surface area (Å²) >= 11 is 0. The molecule has 104 valence electrons. The van der Waals surface area contributed by atoms with E-state index in [1.807, 2.05) is 0 Å². The van der Waals surface area contributed by atoms with E-state index in [0.29, 0.717) is 11.3 Å². The van der Waals surface area contributed by atoms with E-state index in [4.69, 9.17) is 9.47 Å². The predicted molar refractivity (Wildman–Crippen MR) is 84.4 cm³/mol. The van der Waals surface area contributed by atoms with Gasteiger partial charge in [-0.1, -0.05) is 24.3 Å². The predicted octanol–water partition coefficient (Wildman–Crippen LogP) is 4.57. The van der Waals surface area contributed by atoms with Gasteiger partial charge < -0.3 is 9.47 Å². The summed E-state index contributed by atoms with van der Waals surface area (Å²) in [6.07, 6.45) is 1.25. The van der Waals surface area contributed by atoms with Crippen LogP contribution >= 0.6 is 8.58 Å². The molecular formula is C17H19O2P. The molecule has 1 heterocycles. The van der Waals surface area contributed by atoms with Crippen molar-refractivity contribution in [2.45, 2.75) is 17.7 Å². The lowest BCUT2D eigenvalue weighted by atomic mass is 10.0. The number of hydrogen-bond donors (Lipinski definition) is 0. The summed E-state index contributed by atoms with van der Waals surface area (Å²) in [5.41, 5.74) is 4.31. The zero-order valence-corrected chi connectivity index (χ0v) is 12.8. The molecule has 0 bridgehead atoms. The molecule has 1 aliphatic heterocycles. The Kier molecular flexibility index (Phi) is 3.93. The minimum Gasteiger partial charge on any atom is -0.497 e. The van der Waals surface area contributed by atoms with Crippen molar-refractivity contribution in [3.8, 4) is 11.5 Å². The number of hydrogen-bond acceptors (Lipinski definition) is 2. The second-order valence-corrected chi connectivity index (χ2v) is 6.78. The number of benzene rings is 2. The minimum atomic E-state index is 0.716. The third-order valence-electron chi connectivity index (χ3n) is 3.91. The summed E-state index contributed by atoms with van der Waals surface area (Å²) in [6, 6.07) is 17.0. The molecule has 0 aromatic heterocycles. The van der Waals surface area contributed by atoms with Gasteiger partial charge in [-0.25, -0.2) is 0 Å². The van der Waals surface area contributed by atoms with Crippen molar-refractivity contribution in [3.63, 3.8) is 0 Å². The molecule has 20 heavy (non-hydrogen) atoms. The third kappa shape index (κ3) is 2.66. The summed E-state index contributed by atoms with van der Waals surface area (Å²) in [7, 11) is 4.39. The Morgan fingerprint density at radius 1 is 0.750 bits per heavy atom. The van der Waals surface area contributed by atoms with E-state index in [-0.39, 0.29) is 0 Å². The highest BCUT2D eigenvalue weighted by Crippen LogP contribution is 2.62. The van der Waals surface area contributed by atoms with Crippen LogP contribution in [-0.2, 0) is 0 Å². The Bertz CT molecular complexity index is 505. The lowest BCUT2D eigenvalue weighted by Crippen LogP contribution is -2.10. The molecule has 2 aromatic carbocycles. The molecule has 0 amide bonds. The average molecular weight is 286 g/mol. The van der Waals surface area contributed by atoms with Gasteiger partial charge in [0.1, 0.15) is 11.5 Å². The number of methoxy groups -OCH3 is 2. The molecule has 2 unspecified atom stereocenters. The fraction of sp³-hybridized carbons (Fsp3) is 0.294. The minimum absolute atomic E-state index is 0.716. The summed E-state index contributed by atoms with van der Waals surface area (Å²) in [5.74, 6) is 1.87. The third-order valence-corrected chi connectivity index (χ3v) is 5.85. The van der Waals surface area contributed by atoms with Crippen LogP contribution in [0.3, 0.4) is 0 Å². The van der Waals surface area contributed by atoms with Gasteiger partial charge in [0, 0.05) is 11.3 Å². The molecule has 2 aromatic rings. The molecule has 2 nitrogen and oxygen atoms in total. The monoisotopic (exact) mass is 286 g/mol. The fourth-order valence-corrected chi connectivity index (χ4v) is 4.15. The van der Waals surface area contributed by atoms with Gasteiger partial charge >= 0.3 is 0 Å². The maximum absolute atomic E-state index is 5.20. The average Bonchev–Trinajstić information content (AvgIpc) is 2.47. The van der Waals surface area contributed by atoms with Crippen LogP contribution < -0.4 is 9.47 Å². The summed E-state index contributed by atoms with van der Waals surface area (Å²) in [5, 5.41) is 0. The van der Waals surface area contributed by atoms with Crippen molar-refractivity contribution in [1.82, 2.24) is 0 Å². The molecule has 1 fully saturated rings. The maximum Gasteiger partial charge on any atom is 0.118 e. The molecular weight excluding hydrogens is 267 g/mol. The van der Waals surface area contributed by atoms with Gasteiger partial charge in [0.25, 0.3) is 0 Å². The van der Waals surface area contributed by atoms with Crippen LogP contribution in [0.15, 0.2) is 48.5 Å². The van der Waals surface area contributed by atoms with Gasteiger partial charge in [0.05, 0.1) is 14.2 Å². The zero-order valence-electron chi connectivity index (χ0n) is 11.8. The molecule has 0 radical (unpaired) electrons. The first-order valence-corrected chi connectivity index (χ1v) is 7.99. The van der Waals surface area contributed by atoms with Crippen LogP contribution in [0.25, 0.3) is 0 Å². The second kappa shape index (κ2) is 5.85. The van der Waals surface area contributed by atoms with E-state index in [1.165, 1.54) is 17.5 Å². The van der Waals surface area contributed by atoms with Gasteiger partial charge in [-0.05, 0) is 41.8 Å². The molecule has 0 saturated carbocycles. The van der Waals surface area contributed by atoms with Crippen molar-refractivity contribution in [1.29, 1.82) is 0 Å². The highest BCUT2D eigenvalue weighted by atomic mass is 31.1. The van der Waals surface area contributed by atoms with Crippen LogP contribution in [0.5, 0.6) is 11.5 Å². The smallest absolute Gasteiger partial charge is 0.118 e. The van der Waals surface area contributed by atoms with Crippen LogP contribution in [0.2, 0.25) is 0 Å². The lowest BCUT2D eigenvalue weighted by Gasteiger charge is -2.36. The lowest BCUT2D eigenvalue weighted by molar-refractivity contribution is 0.414. The number of ether oxygens (including phenoxy) is 2. The fourth-order valence-electron chi connectivity index (χ4n) is 2.59. The molecule has 3 rings (SSSR count). The van der Waals surface area contributed by atoms with E-state index < -0.39 is 0 Å². The molecule has 0 spiro atoms. The summed E-state index contributed by atoms with van der Waals surface area (Å²) in [6.45, 7) is 0. The molecule has 1 saturated heterocycles. The highest BCUT2D eigenvalue weighted by molar-refractivity contribution is 7.40. The van der Waals surface area contributed by atoms with Crippen LogP contribution in [0.1, 0.15) is 28.9 Å². The Labute approximate surface area is 121 Å². The quantitative estimate of drug-likeness (QED) is 0.767. The van der Waals surface area contributed by atoms with Gasteiger partial charge in [0.15, 0.2) is 0 Å². The topological polar surface area (TPSA) is 18.5 Å². The number of rotatable bonds is 4. The largest absolute Gasteiger partial charge is 0.497 e. The highest BCUT2D eigenvalue weighted by Gasteiger charge is 2.31. The summed E-state index contributed by atoms with van der Waals surface area (Å²) < 4.78 is 10.4. The molecule has 1 aliphatic rings. The van der Waals surface area contributed by atoms with Crippen LogP contribution in [0, 0.1) is 0 Å². The van der Waals surface area contributed by atoms with Crippen molar-refractivity contribution in [2.24, 2.45) is 0 Å². The first kappa shape index (κ1) is 13.5. The molecule has 0 N–H and O–H groups in total. The molecule has 2 atom stereocenters. The van der Waals surface area contributed by atoms with Gasteiger partial charge in [-0.15, -0.1) is 8.58 Å². The van der Waals surface area contributed by atoms with E-state index >= 15 is 0 Å². The summed E-state index contributed by atoms with van der Waals surface area (Å²) in [4.78, 5) is 0. The first-order chi connectivity index (χ1) is 9.80. The van der Waals surface area contributed by atoms with E-state index in [9.17, 15) is 0 Å². The normalized spacial score (nSPS) is 22.3. The van der Waals surface area contributed by atoms with Gasteiger partial charge in [0.2, 0.25) is 0 Å². The van der Waals surface area contributed by atoms with E-state index in [0.717, 1.165) is 20.1 Å². The second-order valence-electron chi connectivity index (χ2n) is 5.05. The van der Waals surface area contributed by atoms with Crippen molar-refractivity contribution >= 4 is 8.58 Å². The van der Waals surface area contributed by atoms with Crippen molar-refractivity contribution in [3.05, 3.63) is 59.7 Å². The van der Waals surface area contributed by atoms with E-state index in [2.05, 4.69) is 48.5 Å². The first-order valence-electron chi connectivity index (χ1n) is 6.84. The Balaban J connectivity index is 1.62.